The summed E-state index contributed by atoms with van der Waals surface area (Å²) in [5.41, 5.74) is 0.479. The molecule has 1 aliphatic carbocycles. The molecule has 0 aliphatic heterocycles. The maximum Gasteiger partial charge on any atom is 0.319 e. The maximum atomic E-state index is 12.8. The number of benzene rings is 1. The Kier molecular flexibility index (Phi) is 6.81. The smallest absolute Gasteiger partial charge is 0.319 e. The summed E-state index contributed by atoms with van der Waals surface area (Å²) < 4.78 is 17.9. The van der Waals surface area contributed by atoms with Gasteiger partial charge in [0.15, 0.2) is 6.10 Å². The predicted molar refractivity (Wildman–Crippen MR) is 93.7 cm³/mol. The number of carbonyl (C=O) groups excluding carboxylic acids is 3. The largest absolute Gasteiger partial charge is 0.452 e. The highest BCUT2D eigenvalue weighted by atomic mass is 32.2. The van der Waals surface area contributed by atoms with E-state index in [2.05, 4.69) is 10.6 Å². The Morgan fingerprint density at radius 2 is 1.88 bits per heavy atom. The van der Waals surface area contributed by atoms with E-state index in [1.54, 1.807) is 6.92 Å². The monoisotopic (exact) mass is 368 g/mol. The Labute approximate surface area is 149 Å². The van der Waals surface area contributed by atoms with E-state index in [4.69, 9.17) is 4.74 Å². The Morgan fingerprint density at radius 3 is 2.48 bits per heavy atom. The van der Waals surface area contributed by atoms with Crippen LogP contribution in [0.15, 0.2) is 24.3 Å². The molecule has 1 aromatic carbocycles. The summed E-state index contributed by atoms with van der Waals surface area (Å²) in [6, 6.07) is 5.61. The van der Waals surface area contributed by atoms with Gasteiger partial charge < -0.3 is 15.4 Å². The third-order valence-electron chi connectivity index (χ3n) is 3.51. The van der Waals surface area contributed by atoms with Crippen LogP contribution in [0.5, 0.6) is 0 Å². The molecule has 0 spiro atoms. The van der Waals surface area contributed by atoms with Gasteiger partial charge in [-0.2, -0.15) is 0 Å². The molecule has 2 N–H and O–H groups in total. The molecule has 1 fully saturated rings. The summed E-state index contributed by atoms with van der Waals surface area (Å²) in [4.78, 5) is 35.6. The first kappa shape index (κ1) is 19.2. The van der Waals surface area contributed by atoms with Crippen molar-refractivity contribution in [1.29, 1.82) is 0 Å². The van der Waals surface area contributed by atoms with Gasteiger partial charge in [-0.25, -0.2) is 4.39 Å². The standard InChI is InChI=1S/C17H21FN2O4S/c1-10(16(22)20-14-7-8-14)24-17(23)11(2)25-9-15(21)19-13-5-3-12(18)4-6-13/h3-6,10-11,14H,7-9H2,1-2H3,(H,19,21)(H,20,22). The number of esters is 1. The fourth-order valence-corrected chi connectivity index (χ4v) is 2.53. The lowest BCUT2D eigenvalue weighted by molar-refractivity contribution is -0.154. The average Bonchev–Trinajstić information content (AvgIpc) is 3.38. The van der Waals surface area contributed by atoms with Gasteiger partial charge in [0, 0.05) is 11.7 Å². The van der Waals surface area contributed by atoms with E-state index in [-0.39, 0.29) is 29.4 Å². The number of amides is 2. The minimum Gasteiger partial charge on any atom is -0.452 e. The van der Waals surface area contributed by atoms with Crippen molar-refractivity contribution in [1.82, 2.24) is 5.32 Å². The van der Waals surface area contributed by atoms with Gasteiger partial charge in [0.25, 0.3) is 5.91 Å². The van der Waals surface area contributed by atoms with Gasteiger partial charge in [0.05, 0.1) is 5.75 Å². The number of anilines is 1. The average molecular weight is 368 g/mol. The molecule has 0 heterocycles. The van der Waals surface area contributed by atoms with Gasteiger partial charge in [-0.15, -0.1) is 11.8 Å². The quantitative estimate of drug-likeness (QED) is 0.687. The molecule has 1 aliphatic rings. The Balaban J connectivity index is 1.69. The van der Waals surface area contributed by atoms with Crippen molar-refractivity contribution >= 4 is 35.2 Å². The molecule has 8 heteroatoms. The van der Waals surface area contributed by atoms with Crippen molar-refractivity contribution in [3.8, 4) is 0 Å². The molecule has 2 atom stereocenters. The van der Waals surface area contributed by atoms with E-state index in [1.165, 1.54) is 31.2 Å². The molecule has 2 rings (SSSR count). The van der Waals surface area contributed by atoms with Crippen molar-refractivity contribution in [2.45, 2.75) is 44.1 Å². The van der Waals surface area contributed by atoms with Crippen molar-refractivity contribution in [3.05, 3.63) is 30.1 Å². The third-order valence-corrected chi connectivity index (χ3v) is 4.63. The molecule has 136 valence electrons. The highest BCUT2D eigenvalue weighted by Crippen LogP contribution is 2.19. The summed E-state index contributed by atoms with van der Waals surface area (Å²) in [7, 11) is 0. The highest BCUT2D eigenvalue weighted by molar-refractivity contribution is 8.01. The second-order valence-electron chi connectivity index (χ2n) is 5.87. The Hall–Kier alpha value is -2.09. The number of carbonyl (C=O) groups is 3. The van der Waals surface area contributed by atoms with Crippen molar-refractivity contribution in [3.63, 3.8) is 0 Å². The molecule has 1 saturated carbocycles. The van der Waals surface area contributed by atoms with Gasteiger partial charge in [0.1, 0.15) is 11.1 Å². The highest BCUT2D eigenvalue weighted by Gasteiger charge is 2.28. The summed E-state index contributed by atoms with van der Waals surface area (Å²) >= 11 is 1.10. The zero-order chi connectivity index (χ0) is 18.4. The van der Waals surface area contributed by atoms with E-state index in [9.17, 15) is 18.8 Å². The molecule has 6 nitrogen and oxygen atoms in total. The number of hydrogen-bond acceptors (Lipinski definition) is 5. The van der Waals surface area contributed by atoms with Gasteiger partial charge in [0.2, 0.25) is 5.91 Å². The number of ether oxygens (including phenoxy) is 1. The number of thioether (sulfide) groups is 1. The summed E-state index contributed by atoms with van der Waals surface area (Å²) in [5.74, 6) is -1.50. The van der Waals surface area contributed by atoms with Crippen LogP contribution in [0.3, 0.4) is 0 Å². The minimum atomic E-state index is -0.857. The zero-order valence-electron chi connectivity index (χ0n) is 14.1. The molecule has 2 unspecified atom stereocenters. The lowest BCUT2D eigenvalue weighted by Gasteiger charge is -2.16. The van der Waals surface area contributed by atoms with Gasteiger partial charge >= 0.3 is 5.97 Å². The van der Waals surface area contributed by atoms with E-state index >= 15 is 0 Å². The van der Waals surface area contributed by atoms with Crippen LogP contribution in [0.4, 0.5) is 10.1 Å². The first-order valence-electron chi connectivity index (χ1n) is 8.03. The minimum absolute atomic E-state index is 0.0380. The van der Waals surface area contributed by atoms with Crippen molar-refractivity contribution < 1.29 is 23.5 Å². The van der Waals surface area contributed by atoms with Crippen LogP contribution in [-0.4, -0.2) is 40.9 Å². The van der Waals surface area contributed by atoms with E-state index in [0.29, 0.717) is 5.69 Å². The topological polar surface area (TPSA) is 84.5 Å². The normalized spacial score (nSPS) is 15.8. The van der Waals surface area contributed by atoms with Gasteiger partial charge in [-0.3, -0.25) is 14.4 Å². The number of rotatable bonds is 8. The van der Waals surface area contributed by atoms with Crippen LogP contribution >= 0.6 is 11.8 Å². The number of hydrogen-bond donors (Lipinski definition) is 2. The number of nitrogens with one attached hydrogen (secondary N) is 2. The van der Waals surface area contributed by atoms with Crippen molar-refractivity contribution in [2.75, 3.05) is 11.1 Å². The van der Waals surface area contributed by atoms with Gasteiger partial charge in [-0.1, -0.05) is 0 Å². The second-order valence-corrected chi connectivity index (χ2v) is 7.20. The molecule has 0 aromatic heterocycles. The fraction of sp³-hybridized carbons (Fsp3) is 0.471. The second kappa shape index (κ2) is 8.84. The first-order chi connectivity index (χ1) is 11.8. The van der Waals surface area contributed by atoms with E-state index < -0.39 is 17.3 Å². The molecular weight excluding hydrogens is 347 g/mol. The van der Waals surface area contributed by atoms with Crippen LogP contribution in [0.2, 0.25) is 0 Å². The van der Waals surface area contributed by atoms with E-state index in [0.717, 1.165) is 24.6 Å². The molecule has 0 bridgehead atoms. The van der Waals surface area contributed by atoms with Crippen molar-refractivity contribution in [2.24, 2.45) is 0 Å². The first-order valence-corrected chi connectivity index (χ1v) is 9.08. The molecule has 2 amide bonds. The Bertz CT molecular complexity index is 634. The molecule has 25 heavy (non-hydrogen) atoms. The predicted octanol–water partition coefficient (Wildman–Crippen LogP) is 2.10. The Morgan fingerprint density at radius 1 is 1.24 bits per heavy atom. The lowest BCUT2D eigenvalue weighted by Crippen LogP contribution is -2.38. The fourth-order valence-electron chi connectivity index (χ4n) is 1.87. The third kappa shape index (κ3) is 6.74. The summed E-state index contributed by atoms with van der Waals surface area (Å²) in [5, 5.41) is 4.79. The summed E-state index contributed by atoms with van der Waals surface area (Å²) in [6.07, 6.45) is 1.06. The molecule has 0 saturated heterocycles. The molecule has 0 radical (unpaired) electrons. The zero-order valence-corrected chi connectivity index (χ0v) is 14.9. The van der Waals surface area contributed by atoms with Crippen LogP contribution in [0.25, 0.3) is 0 Å². The maximum absolute atomic E-state index is 12.8. The summed E-state index contributed by atoms with van der Waals surface area (Å²) in [6.45, 7) is 3.14. The lowest BCUT2D eigenvalue weighted by atomic mass is 10.3. The van der Waals surface area contributed by atoms with E-state index in [1.807, 2.05) is 0 Å². The molecular formula is C17H21FN2O4S. The SMILES string of the molecule is CC(OC(=O)C(C)SCC(=O)Nc1ccc(F)cc1)C(=O)NC1CC1. The van der Waals surface area contributed by atoms with Crippen LogP contribution in [0.1, 0.15) is 26.7 Å². The van der Waals surface area contributed by atoms with Crippen LogP contribution in [0, 0.1) is 5.82 Å². The number of halogens is 1. The molecule has 1 aromatic rings. The van der Waals surface area contributed by atoms with Crippen LogP contribution < -0.4 is 10.6 Å². The van der Waals surface area contributed by atoms with Crippen LogP contribution in [-0.2, 0) is 19.1 Å². The van der Waals surface area contributed by atoms with Gasteiger partial charge in [-0.05, 0) is 51.0 Å².